The second-order valence-electron chi connectivity index (χ2n) is 7.20. The van der Waals surface area contributed by atoms with Crippen LogP contribution in [0.3, 0.4) is 0 Å². The molecule has 0 radical (unpaired) electrons. The lowest BCUT2D eigenvalue weighted by Crippen LogP contribution is -2.32. The van der Waals surface area contributed by atoms with Gasteiger partial charge >= 0.3 is 0 Å². The first-order valence-electron chi connectivity index (χ1n) is 8.70. The van der Waals surface area contributed by atoms with Crippen molar-refractivity contribution in [2.45, 2.75) is 45.4 Å². The minimum absolute atomic E-state index is 0.139. The van der Waals surface area contributed by atoms with Crippen molar-refractivity contribution in [3.05, 3.63) is 21.4 Å². The van der Waals surface area contributed by atoms with Crippen LogP contribution in [0.5, 0.6) is 0 Å². The number of hydrogen-bond acceptors (Lipinski definition) is 3. The lowest BCUT2D eigenvalue weighted by atomic mass is 9.90. The smallest absolute Gasteiger partial charge is 0.261 e. The second kappa shape index (κ2) is 7.14. The molecule has 4 heteroatoms. The topological polar surface area (TPSA) is 32.3 Å². The van der Waals surface area contributed by atoms with E-state index in [1.807, 2.05) is 0 Å². The summed E-state index contributed by atoms with van der Waals surface area (Å²) >= 11 is 1.71. The molecule has 0 spiro atoms. The highest BCUT2D eigenvalue weighted by Crippen LogP contribution is 2.32. The summed E-state index contributed by atoms with van der Waals surface area (Å²) in [4.78, 5) is 17.1. The summed E-state index contributed by atoms with van der Waals surface area (Å²) in [5.41, 5.74) is 1.42. The Balaban J connectivity index is 1.46. The zero-order valence-corrected chi connectivity index (χ0v) is 14.7. The number of amides is 1. The van der Waals surface area contributed by atoms with E-state index < -0.39 is 0 Å². The van der Waals surface area contributed by atoms with Gasteiger partial charge in [-0.25, -0.2) is 0 Å². The van der Waals surface area contributed by atoms with Gasteiger partial charge in [0.05, 0.1) is 4.88 Å². The first-order chi connectivity index (χ1) is 10.6. The monoisotopic (exact) mass is 320 g/mol. The van der Waals surface area contributed by atoms with E-state index in [2.05, 4.69) is 30.3 Å². The first kappa shape index (κ1) is 16.0. The lowest BCUT2D eigenvalue weighted by molar-refractivity contribution is 0.0953. The number of nitrogens with one attached hydrogen (secondary N) is 1. The third-order valence-corrected chi connectivity index (χ3v) is 6.47. The Kier molecular flexibility index (Phi) is 5.19. The fourth-order valence-electron chi connectivity index (χ4n) is 3.65. The van der Waals surface area contributed by atoms with E-state index in [4.69, 9.17) is 0 Å². The van der Waals surface area contributed by atoms with Crippen LogP contribution < -0.4 is 5.32 Å². The molecule has 1 fully saturated rings. The number of fused-ring (bicyclic) bond motifs is 1. The number of thiophene rings is 1. The number of likely N-dealkylation sites (tertiary alicyclic amines) is 1. The Morgan fingerprint density at radius 3 is 2.91 bits per heavy atom. The van der Waals surface area contributed by atoms with E-state index in [-0.39, 0.29) is 5.91 Å². The van der Waals surface area contributed by atoms with Gasteiger partial charge in [-0.05, 0) is 82.1 Å². The minimum Gasteiger partial charge on any atom is -0.351 e. The molecule has 3 rings (SSSR count). The normalized spacial score (nSPS) is 23.3. The highest BCUT2D eigenvalue weighted by atomic mass is 32.1. The fourth-order valence-corrected chi connectivity index (χ4v) is 4.77. The Morgan fingerprint density at radius 1 is 1.36 bits per heavy atom. The molecule has 2 heterocycles. The molecule has 0 unspecified atom stereocenters. The molecule has 1 N–H and O–H groups in total. The van der Waals surface area contributed by atoms with Gasteiger partial charge in [-0.3, -0.25) is 4.79 Å². The van der Waals surface area contributed by atoms with Crippen molar-refractivity contribution in [1.29, 1.82) is 0 Å². The largest absolute Gasteiger partial charge is 0.351 e. The van der Waals surface area contributed by atoms with Crippen molar-refractivity contribution in [3.63, 3.8) is 0 Å². The Bertz CT molecular complexity index is 517. The minimum atomic E-state index is 0.139. The van der Waals surface area contributed by atoms with Crippen LogP contribution >= 0.6 is 11.3 Å². The standard InChI is InChI=1S/C18H28N2OS/c1-13-3-4-16-15(11-13)12-17(22-16)18(21)19-8-5-14-6-9-20(2)10-7-14/h12-14H,3-11H2,1-2H3,(H,19,21)/t13-/m0/s1. The summed E-state index contributed by atoms with van der Waals surface area (Å²) in [6, 6.07) is 2.14. The van der Waals surface area contributed by atoms with Crippen molar-refractivity contribution in [2.24, 2.45) is 11.8 Å². The van der Waals surface area contributed by atoms with Crippen LogP contribution in [0, 0.1) is 11.8 Å². The van der Waals surface area contributed by atoms with Gasteiger partial charge in [0.2, 0.25) is 0 Å². The van der Waals surface area contributed by atoms with Crippen molar-refractivity contribution in [2.75, 3.05) is 26.7 Å². The number of nitrogens with zero attached hydrogens (tertiary/aromatic N) is 1. The molecule has 0 bridgehead atoms. The van der Waals surface area contributed by atoms with Gasteiger partial charge in [0.1, 0.15) is 0 Å². The Labute approximate surface area is 138 Å². The number of hydrogen-bond donors (Lipinski definition) is 1. The first-order valence-corrected chi connectivity index (χ1v) is 9.52. The predicted molar refractivity (Wildman–Crippen MR) is 92.7 cm³/mol. The summed E-state index contributed by atoms with van der Waals surface area (Å²) in [5.74, 6) is 1.69. The van der Waals surface area contributed by atoms with Crippen molar-refractivity contribution in [3.8, 4) is 0 Å². The number of aryl methyl sites for hydroxylation is 1. The summed E-state index contributed by atoms with van der Waals surface area (Å²) in [7, 11) is 2.19. The van der Waals surface area contributed by atoms with Gasteiger partial charge in [0.15, 0.2) is 0 Å². The van der Waals surface area contributed by atoms with Gasteiger partial charge < -0.3 is 10.2 Å². The molecule has 122 valence electrons. The summed E-state index contributed by atoms with van der Waals surface area (Å²) in [5, 5.41) is 3.14. The zero-order chi connectivity index (χ0) is 15.5. The van der Waals surface area contributed by atoms with E-state index in [1.165, 1.54) is 42.8 Å². The molecule has 2 aliphatic rings. The zero-order valence-electron chi connectivity index (χ0n) is 13.9. The van der Waals surface area contributed by atoms with Crippen LogP contribution in [0.4, 0.5) is 0 Å². The number of piperidine rings is 1. The maximum Gasteiger partial charge on any atom is 0.261 e. The number of carbonyl (C=O) groups excluding carboxylic acids is 1. The van der Waals surface area contributed by atoms with Crippen LogP contribution in [-0.2, 0) is 12.8 Å². The van der Waals surface area contributed by atoms with Gasteiger partial charge in [0, 0.05) is 11.4 Å². The van der Waals surface area contributed by atoms with Crippen LogP contribution in [0.2, 0.25) is 0 Å². The van der Waals surface area contributed by atoms with Crippen LogP contribution in [0.1, 0.15) is 52.7 Å². The third kappa shape index (κ3) is 3.90. The van der Waals surface area contributed by atoms with E-state index in [0.29, 0.717) is 0 Å². The second-order valence-corrected chi connectivity index (χ2v) is 8.34. The predicted octanol–water partition coefficient (Wildman–Crippen LogP) is 3.33. The lowest BCUT2D eigenvalue weighted by Gasteiger charge is -2.28. The van der Waals surface area contributed by atoms with Gasteiger partial charge in [-0.15, -0.1) is 11.3 Å². The number of carbonyl (C=O) groups is 1. The molecule has 1 saturated heterocycles. The summed E-state index contributed by atoms with van der Waals surface area (Å²) in [6.45, 7) is 5.54. The molecule has 1 amide bonds. The molecular weight excluding hydrogens is 292 g/mol. The van der Waals surface area contributed by atoms with E-state index in [9.17, 15) is 4.79 Å². The highest BCUT2D eigenvalue weighted by Gasteiger charge is 2.21. The van der Waals surface area contributed by atoms with E-state index >= 15 is 0 Å². The Morgan fingerprint density at radius 2 is 2.14 bits per heavy atom. The maximum atomic E-state index is 12.3. The molecule has 0 saturated carbocycles. The molecule has 1 aromatic heterocycles. The van der Waals surface area contributed by atoms with Gasteiger partial charge in [0.25, 0.3) is 5.91 Å². The highest BCUT2D eigenvalue weighted by molar-refractivity contribution is 7.14. The molecule has 1 atom stereocenters. The maximum absolute atomic E-state index is 12.3. The Hall–Kier alpha value is -0.870. The van der Waals surface area contributed by atoms with Crippen molar-refractivity contribution >= 4 is 17.2 Å². The molecule has 22 heavy (non-hydrogen) atoms. The molecule has 1 aliphatic heterocycles. The summed E-state index contributed by atoms with van der Waals surface area (Å²) < 4.78 is 0. The molecular formula is C18H28N2OS. The summed E-state index contributed by atoms with van der Waals surface area (Å²) in [6.07, 6.45) is 7.25. The average Bonchev–Trinajstić information content (AvgIpc) is 2.92. The van der Waals surface area contributed by atoms with E-state index in [0.717, 1.165) is 42.5 Å². The SMILES string of the molecule is C[C@H]1CCc2sc(C(=O)NCCC3CCN(C)CC3)cc2C1. The van der Waals surface area contributed by atoms with Gasteiger partial charge in [-0.2, -0.15) is 0 Å². The quantitative estimate of drug-likeness (QED) is 0.923. The molecule has 0 aromatic carbocycles. The van der Waals surface area contributed by atoms with E-state index in [1.54, 1.807) is 11.3 Å². The molecule has 3 nitrogen and oxygen atoms in total. The molecule has 1 aliphatic carbocycles. The van der Waals surface area contributed by atoms with Crippen molar-refractivity contribution < 1.29 is 4.79 Å². The van der Waals surface area contributed by atoms with Crippen LogP contribution in [0.15, 0.2) is 6.07 Å². The van der Waals surface area contributed by atoms with Crippen molar-refractivity contribution in [1.82, 2.24) is 10.2 Å². The number of rotatable bonds is 4. The fraction of sp³-hybridized carbons (Fsp3) is 0.722. The van der Waals surface area contributed by atoms with Crippen LogP contribution in [-0.4, -0.2) is 37.5 Å². The third-order valence-electron chi connectivity index (χ3n) is 5.23. The van der Waals surface area contributed by atoms with Gasteiger partial charge in [-0.1, -0.05) is 6.92 Å². The molecule has 1 aromatic rings. The average molecular weight is 321 g/mol. The van der Waals surface area contributed by atoms with Crippen LogP contribution in [0.25, 0.3) is 0 Å².